The van der Waals surface area contributed by atoms with Gasteiger partial charge in [-0.3, -0.25) is 9.39 Å². The van der Waals surface area contributed by atoms with Crippen molar-refractivity contribution >= 4 is 41.3 Å². The number of hydrogen-bond acceptors (Lipinski definition) is 5. The zero-order valence-electron chi connectivity index (χ0n) is 17.4. The van der Waals surface area contributed by atoms with Gasteiger partial charge in [-0.15, -0.1) is 34.2 Å². The molecule has 2 N–H and O–H groups in total. The quantitative estimate of drug-likeness (QED) is 0.183. The minimum absolute atomic E-state index is 0. The Hall–Kier alpha value is -2.40. The number of guanidine groups is 1. The van der Waals surface area contributed by atoms with Gasteiger partial charge in [0.2, 0.25) is 0 Å². The lowest BCUT2D eigenvalue weighted by Crippen LogP contribution is -2.31. The summed E-state index contributed by atoms with van der Waals surface area (Å²) in [4.78, 5) is 4.29. The van der Waals surface area contributed by atoms with Gasteiger partial charge in [0.15, 0.2) is 11.6 Å². The molecule has 8 nitrogen and oxygen atoms in total. The second-order valence-corrected chi connectivity index (χ2v) is 6.50. The summed E-state index contributed by atoms with van der Waals surface area (Å²) in [5.74, 6) is 2.50. The first kappa shape index (κ1) is 23.9. The van der Waals surface area contributed by atoms with Crippen LogP contribution >= 0.6 is 24.0 Å². The van der Waals surface area contributed by atoms with Gasteiger partial charge in [-0.25, -0.2) is 0 Å². The van der Waals surface area contributed by atoms with Gasteiger partial charge in [-0.1, -0.05) is 12.1 Å². The van der Waals surface area contributed by atoms with E-state index in [1.165, 1.54) is 0 Å². The number of aryl methyl sites for hydroxylation is 1. The maximum absolute atomic E-state index is 5.74. The van der Waals surface area contributed by atoms with Gasteiger partial charge in [0, 0.05) is 58.1 Å². The molecule has 0 fully saturated rings. The van der Waals surface area contributed by atoms with E-state index in [-0.39, 0.29) is 24.0 Å². The van der Waals surface area contributed by atoms with E-state index in [1.807, 2.05) is 53.1 Å². The van der Waals surface area contributed by atoms with Gasteiger partial charge in [-0.05, 0) is 30.7 Å². The largest absolute Gasteiger partial charge is 0.493 e. The average molecular weight is 524 g/mol. The topological polar surface area (TPSA) is 85.1 Å². The number of fused-ring (bicyclic) bond motifs is 1. The molecule has 30 heavy (non-hydrogen) atoms. The molecule has 0 aliphatic carbocycles. The number of aliphatic imine (C=N–C) groups is 1. The number of ether oxygens (including phenoxy) is 2. The van der Waals surface area contributed by atoms with Crippen molar-refractivity contribution in [3.05, 3.63) is 54.5 Å². The first-order valence-corrected chi connectivity index (χ1v) is 9.78. The molecule has 0 spiro atoms. The molecule has 9 heteroatoms. The molecule has 0 bridgehead atoms. The molecule has 0 atom stereocenters. The number of aromatic nitrogens is 3. The Kier molecular flexibility index (Phi) is 10.4. The maximum atomic E-state index is 5.74. The molecule has 3 rings (SSSR count). The fourth-order valence-electron chi connectivity index (χ4n) is 2.89. The average Bonchev–Trinajstić information content (AvgIpc) is 3.17. The molecule has 0 unspecified atom stereocenters. The molecule has 0 saturated carbocycles. The number of nitrogens with one attached hydrogen (secondary N) is 2. The predicted octanol–water partition coefficient (Wildman–Crippen LogP) is 3.38. The molecule has 1 aromatic carbocycles. The van der Waals surface area contributed by atoms with Gasteiger partial charge in [0.1, 0.15) is 11.6 Å². The third kappa shape index (κ3) is 7.13. The Morgan fingerprint density at radius 3 is 2.83 bits per heavy atom. The number of hydrogen-bond donors (Lipinski definition) is 2. The van der Waals surface area contributed by atoms with Crippen molar-refractivity contribution in [2.24, 2.45) is 4.99 Å². The lowest BCUT2D eigenvalue weighted by molar-refractivity contribution is 0.172. The smallest absolute Gasteiger partial charge is 0.195 e. The first-order valence-electron chi connectivity index (χ1n) is 9.78. The van der Waals surface area contributed by atoms with E-state index in [1.54, 1.807) is 14.2 Å². The summed E-state index contributed by atoms with van der Waals surface area (Å²) >= 11 is 0. The Morgan fingerprint density at radius 2 is 2.00 bits per heavy atom. The number of methoxy groups -OCH3 is 1. The highest BCUT2D eigenvalue weighted by molar-refractivity contribution is 14.0. The SMILES string of the molecule is CN=C(NCCCc1nnc2ccccn12)Nc1cccc(OCCCOC)c1.I. The van der Waals surface area contributed by atoms with Gasteiger partial charge < -0.3 is 20.1 Å². The molecule has 162 valence electrons. The highest BCUT2D eigenvalue weighted by Crippen LogP contribution is 2.17. The van der Waals surface area contributed by atoms with Crippen LogP contribution in [0.3, 0.4) is 0 Å². The highest BCUT2D eigenvalue weighted by atomic mass is 127. The van der Waals surface area contributed by atoms with Crippen LogP contribution in [0.5, 0.6) is 5.75 Å². The standard InChI is InChI=1S/C21H28N6O2.HI/c1-22-21(24-17-8-5-9-18(16-17)29-15-7-14-28-2)23-12-6-11-20-26-25-19-10-3-4-13-27(19)20;/h3-5,8-10,13,16H,6-7,11-12,14-15H2,1-2H3,(H2,22,23,24);1H. The van der Waals surface area contributed by atoms with E-state index in [9.17, 15) is 0 Å². The van der Waals surface area contributed by atoms with E-state index < -0.39 is 0 Å². The normalized spacial score (nSPS) is 11.2. The summed E-state index contributed by atoms with van der Waals surface area (Å²) in [7, 11) is 3.45. The summed E-state index contributed by atoms with van der Waals surface area (Å²) in [6, 6.07) is 13.7. The molecule has 3 aromatic rings. The predicted molar refractivity (Wildman–Crippen MR) is 130 cm³/mol. The molecule has 2 heterocycles. The van der Waals surface area contributed by atoms with Crippen LogP contribution in [0.2, 0.25) is 0 Å². The van der Waals surface area contributed by atoms with Crippen LogP contribution < -0.4 is 15.4 Å². The zero-order chi connectivity index (χ0) is 20.3. The molecule has 0 aliphatic heterocycles. The van der Waals surface area contributed by atoms with Crippen LogP contribution in [0.15, 0.2) is 53.7 Å². The van der Waals surface area contributed by atoms with Crippen LogP contribution in [-0.2, 0) is 11.2 Å². The second-order valence-electron chi connectivity index (χ2n) is 6.50. The number of nitrogens with zero attached hydrogens (tertiary/aromatic N) is 4. The van der Waals surface area contributed by atoms with Gasteiger partial charge in [0.05, 0.1) is 6.61 Å². The third-order valence-electron chi connectivity index (χ3n) is 4.34. The monoisotopic (exact) mass is 524 g/mol. The van der Waals surface area contributed by atoms with Crippen molar-refractivity contribution in [3.63, 3.8) is 0 Å². The first-order chi connectivity index (χ1) is 14.3. The summed E-state index contributed by atoms with van der Waals surface area (Å²) in [6.07, 6.45) is 4.60. The van der Waals surface area contributed by atoms with Crippen molar-refractivity contribution in [3.8, 4) is 5.75 Å². The number of anilines is 1. The van der Waals surface area contributed by atoms with E-state index in [4.69, 9.17) is 9.47 Å². The summed E-state index contributed by atoms with van der Waals surface area (Å²) < 4.78 is 12.8. The lowest BCUT2D eigenvalue weighted by atomic mass is 10.3. The molecular formula is C21H29IN6O2. The van der Waals surface area contributed by atoms with Crippen LogP contribution in [0.1, 0.15) is 18.7 Å². The minimum atomic E-state index is 0. The second kappa shape index (κ2) is 13.0. The molecule has 2 aromatic heterocycles. The number of rotatable bonds is 10. The van der Waals surface area contributed by atoms with Crippen LogP contribution in [-0.4, -0.2) is 54.5 Å². The molecule has 0 amide bonds. The lowest BCUT2D eigenvalue weighted by Gasteiger charge is -2.13. The van der Waals surface area contributed by atoms with Crippen LogP contribution in [0.4, 0.5) is 5.69 Å². The van der Waals surface area contributed by atoms with E-state index in [2.05, 4.69) is 25.8 Å². The van der Waals surface area contributed by atoms with Crippen LogP contribution in [0, 0.1) is 0 Å². The summed E-state index contributed by atoms with van der Waals surface area (Å²) in [5, 5.41) is 15.1. The summed E-state index contributed by atoms with van der Waals surface area (Å²) in [5.41, 5.74) is 1.79. The maximum Gasteiger partial charge on any atom is 0.195 e. The van der Waals surface area contributed by atoms with Gasteiger partial charge in [-0.2, -0.15) is 0 Å². The Morgan fingerprint density at radius 1 is 1.10 bits per heavy atom. The molecule has 0 radical (unpaired) electrons. The number of benzene rings is 1. The fraction of sp³-hybridized carbons (Fsp3) is 0.381. The van der Waals surface area contributed by atoms with Crippen molar-refractivity contribution in [2.45, 2.75) is 19.3 Å². The molecular weight excluding hydrogens is 495 g/mol. The minimum Gasteiger partial charge on any atom is -0.493 e. The van der Waals surface area contributed by atoms with Crippen molar-refractivity contribution in [2.75, 3.05) is 39.2 Å². The Balaban J connectivity index is 0.00000320. The Labute approximate surface area is 194 Å². The Bertz CT molecular complexity index is 931. The molecule has 0 saturated heterocycles. The highest BCUT2D eigenvalue weighted by Gasteiger charge is 2.05. The summed E-state index contributed by atoms with van der Waals surface area (Å²) in [6.45, 7) is 2.09. The van der Waals surface area contributed by atoms with Crippen molar-refractivity contribution in [1.29, 1.82) is 0 Å². The number of pyridine rings is 1. The molecule has 0 aliphatic rings. The number of halogens is 1. The van der Waals surface area contributed by atoms with Gasteiger partial charge >= 0.3 is 0 Å². The van der Waals surface area contributed by atoms with Crippen LogP contribution in [0.25, 0.3) is 5.65 Å². The van der Waals surface area contributed by atoms with E-state index in [0.717, 1.165) is 48.7 Å². The third-order valence-corrected chi connectivity index (χ3v) is 4.34. The van der Waals surface area contributed by atoms with Crippen molar-refractivity contribution in [1.82, 2.24) is 19.9 Å². The zero-order valence-corrected chi connectivity index (χ0v) is 19.7. The van der Waals surface area contributed by atoms with E-state index in [0.29, 0.717) is 19.2 Å². The van der Waals surface area contributed by atoms with E-state index >= 15 is 0 Å². The van der Waals surface area contributed by atoms with Gasteiger partial charge in [0.25, 0.3) is 0 Å². The van der Waals surface area contributed by atoms with Crippen molar-refractivity contribution < 1.29 is 9.47 Å². The fourth-order valence-corrected chi connectivity index (χ4v) is 2.89.